The Bertz CT molecular complexity index is 1240. The average molecular weight is 402 g/mol. The summed E-state index contributed by atoms with van der Waals surface area (Å²) in [5, 5.41) is 20.2. The van der Waals surface area contributed by atoms with Crippen LogP contribution in [0.1, 0.15) is 10.8 Å². The van der Waals surface area contributed by atoms with Crippen molar-refractivity contribution in [2.75, 3.05) is 6.61 Å². The van der Waals surface area contributed by atoms with E-state index < -0.39 is 12.6 Å². The van der Waals surface area contributed by atoms with Crippen molar-refractivity contribution in [3.63, 3.8) is 0 Å². The molecule has 8 heteroatoms. The van der Waals surface area contributed by atoms with Crippen molar-refractivity contribution in [2.24, 2.45) is 0 Å². The minimum absolute atomic E-state index is 0.0795. The van der Waals surface area contributed by atoms with E-state index in [-0.39, 0.29) is 17.2 Å². The molecule has 2 aromatic heterocycles. The Morgan fingerprint density at radius 1 is 1.17 bits per heavy atom. The van der Waals surface area contributed by atoms with Crippen LogP contribution in [-0.2, 0) is 9.53 Å². The predicted octanol–water partition coefficient (Wildman–Crippen LogP) is 4.22. The summed E-state index contributed by atoms with van der Waals surface area (Å²) in [5.74, 6) is -0.821. The van der Waals surface area contributed by atoms with Gasteiger partial charge in [-0.3, -0.25) is 0 Å². The number of aromatic nitrogens is 3. The lowest BCUT2D eigenvalue weighted by atomic mass is 10.2. The normalized spacial score (nSPS) is 12.2. The maximum absolute atomic E-state index is 12.0. The molecule has 0 fully saturated rings. The molecule has 2 heterocycles. The molecule has 0 saturated carbocycles. The third-order valence-corrected chi connectivity index (χ3v) is 5.05. The van der Waals surface area contributed by atoms with E-state index in [0.29, 0.717) is 10.5 Å². The quantitative estimate of drug-likeness (QED) is 0.224. The standard InChI is InChI=1S/C21H14N4O3S/c22-11-13(21-24-14-5-1-2-6-15(14)25-21)17(26)12-28-20(27)10-9-19-23-16-7-3-4-8-18(16)29-19/h1-10,26H,12H2,(H,24,25)/b10-9+,17-13-. The van der Waals surface area contributed by atoms with E-state index in [4.69, 9.17) is 4.74 Å². The van der Waals surface area contributed by atoms with Gasteiger partial charge in [0.2, 0.25) is 0 Å². The fourth-order valence-corrected chi connectivity index (χ4v) is 3.56. The van der Waals surface area contributed by atoms with Crippen molar-refractivity contribution in [3.8, 4) is 6.07 Å². The molecule has 0 unspecified atom stereocenters. The van der Waals surface area contributed by atoms with E-state index in [1.807, 2.05) is 48.5 Å². The Balaban J connectivity index is 1.44. The van der Waals surface area contributed by atoms with E-state index in [1.54, 1.807) is 12.1 Å². The predicted molar refractivity (Wildman–Crippen MR) is 111 cm³/mol. The van der Waals surface area contributed by atoms with Crippen LogP contribution in [-0.4, -0.2) is 32.6 Å². The highest BCUT2D eigenvalue weighted by atomic mass is 32.1. The van der Waals surface area contributed by atoms with Gasteiger partial charge in [0.15, 0.2) is 11.6 Å². The first kappa shape index (κ1) is 18.4. The molecule has 0 spiro atoms. The topological polar surface area (TPSA) is 112 Å². The number of fused-ring (bicyclic) bond motifs is 2. The zero-order valence-corrected chi connectivity index (χ0v) is 15.8. The van der Waals surface area contributed by atoms with Gasteiger partial charge in [-0.25, -0.2) is 14.8 Å². The van der Waals surface area contributed by atoms with Crippen LogP contribution in [0.4, 0.5) is 0 Å². The number of hydrogen-bond donors (Lipinski definition) is 2. The number of nitrogens with zero attached hydrogens (tertiary/aromatic N) is 3. The summed E-state index contributed by atoms with van der Waals surface area (Å²) in [6.07, 6.45) is 2.79. The molecular weight excluding hydrogens is 388 g/mol. The monoisotopic (exact) mass is 402 g/mol. The van der Waals surface area contributed by atoms with Crippen LogP contribution in [0.2, 0.25) is 0 Å². The van der Waals surface area contributed by atoms with Gasteiger partial charge in [0, 0.05) is 6.08 Å². The van der Waals surface area contributed by atoms with Gasteiger partial charge in [-0.05, 0) is 30.3 Å². The lowest BCUT2D eigenvalue weighted by molar-refractivity contribution is -0.137. The van der Waals surface area contributed by atoms with Crippen molar-refractivity contribution in [1.82, 2.24) is 15.0 Å². The van der Waals surface area contributed by atoms with Crippen molar-refractivity contribution in [2.45, 2.75) is 0 Å². The maximum Gasteiger partial charge on any atom is 0.331 e. The van der Waals surface area contributed by atoms with Crippen LogP contribution in [0, 0.1) is 11.3 Å². The van der Waals surface area contributed by atoms with Crippen LogP contribution in [0.5, 0.6) is 0 Å². The lowest BCUT2D eigenvalue weighted by Crippen LogP contribution is -2.06. The minimum Gasteiger partial charge on any atom is -0.507 e. The molecule has 0 amide bonds. The number of imidazole rings is 1. The average Bonchev–Trinajstić information content (AvgIpc) is 3.34. The minimum atomic E-state index is -0.655. The number of ether oxygens (including phenoxy) is 1. The molecule has 0 bridgehead atoms. The van der Waals surface area contributed by atoms with Crippen LogP contribution in [0.15, 0.2) is 60.4 Å². The highest BCUT2D eigenvalue weighted by Crippen LogP contribution is 2.22. The number of aliphatic hydroxyl groups is 1. The first-order valence-electron chi connectivity index (χ1n) is 8.62. The van der Waals surface area contributed by atoms with Gasteiger partial charge in [-0.15, -0.1) is 11.3 Å². The molecule has 0 aliphatic carbocycles. The fourth-order valence-electron chi connectivity index (χ4n) is 2.69. The zero-order chi connectivity index (χ0) is 20.2. The van der Waals surface area contributed by atoms with Crippen molar-refractivity contribution in [1.29, 1.82) is 5.26 Å². The Kier molecular flexibility index (Phi) is 5.05. The number of thiazole rings is 1. The number of para-hydroxylation sites is 3. The van der Waals surface area contributed by atoms with Crippen molar-refractivity contribution < 1.29 is 14.6 Å². The van der Waals surface area contributed by atoms with Gasteiger partial charge in [0.05, 0.1) is 21.3 Å². The number of esters is 1. The molecule has 0 radical (unpaired) electrons. The number of H-pyrrole nitrogens is 1. The summed E-state index contributed by atoms with van der Waals surface area (Å²) in [5.41, 5.74) is 2.18. The first-order valence-corrected chi connectivity index (χ1v) is 9.43. The zero-order valence-electron chi connectivity index (χ0n) is 15.0. The Morgan fingerprint density at radius 2 is 1.93 bits per heavy atom. The molecule has 0 aliphatic rings. The van der Waals surface area contributed by atoms with Crippen molar-refractivity contribution in [3.05, 3.63) is 71.2 Å². The summed E-state index contributed by atoms with van der Waals surface area (Å²) < 4.78 is 6.05. The van der Waals surface area contributed by atoms with Gasteiger partial charge in [0.1, 0.15) is 23.3 Å². The number of rotatable bonds is 5. The highest BCUT2D eigenvalue weighted by Gasteiger charge is 2.14. The Hall–Kier alpha value is -3.96. The molecule has 4 rings (SSSR count). The molecule has 4 aromatic rings. The van der Waals surface area contributed by atoms with Crippen LogP contribution in [0.25, 0.3) is 32.9 Å². The van der Waals surface area contributed by atoms with E-state index in [9.17, 15) is 15.2 Å². The highest BCUT2D eigenvalue weighted by molar-refractivity contribution is 7.19. The summed E-state index contributed by atoms with van der Waals surface area (Å²) in [4.78, 5) is 23.6. The van der Waals surface area contributed by atoms with Crippen LogP contribution < -0.4 is 0 Å². The number of aromatic amines is 1. The second-order valence-electron chi connectivity index (χ2n) is 6.00. The molecule has 7 nitrogen and oxygen atoms in total. The Morgan fingerprint density at radius 3 is 2.69 bits per heavy atom. The van der Waals surface area contributed by atoms with Gasteiger partial charge in [-0.1, -0.05) is 24.3 Å². The van der Waals surface area contributed by atoms with Crippen LogP contribution in [0.3, 0.4) is 0 Å². The number of nitriles is 1. The Labute approximate surface area is 169 Å². The molecular formula is C21H14N4O3S. The van der Waals surface area contributed by atoms with Gasteiger partial charge >= 0.3 is 5.97 Å². The number of benzene rings is 2. The number of aliphatic hydroxyl groups excluding tert-OH is 1. The largest absolute Gasteiger partial charge is 0.507 e. The molecule has 0 atom stereocenters. The number of allylic oxidation sites excluding steroid dienone is 1. The molecule has 2 N–H and O–H groups in total. The smallest absolute Gasteiger partial charge is 0.331 e. The fraction of sp³-hybridized carbons (Fsp3) is 0.0476. The van der Waals surface area contributed by atoms with Crippen molar-refractivity contribution >= 4 is 50.2 Å². The molecule has 0 aliphatic heterocycles. The number of carbonyl (C=O) groups excluding carboxylic acids is 1. The SMILES string of the molecule is N#C/C(=C(/O)COC(=O)/C=C/c1nc2ccccc2s1)c1nc2ccccc2[nH]1. The van der Waals surface area contributed by atoms with Gasteiger partial charge in [0.25, 0.3) is 0 Å². The summed E-state index contributed by atoms with van der Waals surface area (Å²) in [7, 11) is 0. The van der Waals surface area contributed by atoms with Gasteiger partial charge < -0.3 is 14.8 Å². The number of carbonyl (C=O) groups is 1. The summed E-state index contributed by atoms with van der Waals surface area (Å²) >= 11 is 1.45. The van der Waals surface area contributed by atoms with E-state index in [2.05, 4.69) is 15.0 Å². The summed E-state index contributed by atoms with van der Waals surface area (Å²) in [6.45, 7) is -0.442. The first-order chi connectivity index (χ1) is 14.1. The van der Waals surface area contributed by atoms with Crippen LogP contribution >= 0.6 is 11.3 Å². The third-order valence-electron chi connectivity index (χ3n) is 4.05. The number of nitrogens with one attached hydrogen (secondary N) is 1. The second-order valence-corrected chi connectivity index (χ2v) is 7.06. The van der Waals surface area contributed by atoms with E-state index in [0.717, 1.165) is 15.7 Å². The third kappa shape index (κ3) is 4.00. The molecule has 142 valence electrons. The summed E-state index contributed by atoms with van der Waals surface area (Å²) in [6, 6.07) is 16.8. The van der Waals surface area contributed by atoms with Gasteiger partial charge in [-0.2, -0.15) is 5.26 Å². The van der Waals surface area contributed by atoms with E-state index in [1.165, 1.54) is 17.4 Å². The molecule has 29 heavy (non-hydrogen) atoms. The van der Waals surface area contributed by atoms with E-state index >= 15 is 0 Å². The number of hydrogen-bond acceptors (Lipinski definition) is 7. The lowest BCUT2D eigenvalue weighted by Gasteiger charge is -2.03. The molecule has 0 saturated heterocycles. The maximum atomic E-state index is 12.0. The molecule has 2 aromatic carbocycles. The second kappa shape index (κ2) is 7.96.